The zero-order valence-corrected chi connectivity index (χ0v) is 14.9. The van der Waals surface area contributed by atoms with Crippen LogP contribution >= 0.6 is 22.7 Å². The Bertz CT molecular complexity index is 876. The third-order valence-electron chi connectivity index (χ3n) is 4.20. The molecule has 1 aliphatic rings. The normalized spacial score (nSPS) is 17.4. The molecule has 0 N–H and O–H groups in total. The first-order valence-electron chi connectivity index (χ1n) is 7.79. The molecule has 0 unspecified atom stereocenters. The maximum Gasteiger partial charge on any atom is 0.247 e. The zero-order chi connectivity index (χ0) is 16.5. The van der Waals surface area contributed by atoms with Crippen molar-refractivity contribution in [2.45, 2.75) is 12.5 Å². The fourth-order valence-corrected chi connectivity index (χ4v) is 4.86. The van der Waals surface area contributed by atoms with Crippen molar-refractivity contribution in [2.75, 3.05) is 6.54 Å². The molecule has 0 fully saturated rings. The van der Waals surface area contributed by atoms with Crippen molar-refractivity contribution in [1.29, 1.82) is 0 Å². The van der Waals surface area contributed by atoms with Crippen LogP contribution in [0.3, 0.4) is 0 Å². The smallest absolute Gasteiger partial charge is 0.247 e. The summed E-state index contributed by atoms with van der Waals surface area (Å²) in [6.45, 7) is 0.756. The van der Waals surface area contributed by atoms with Gasteiger partial charge in [0.25, 0.3) is 0 Å². The number of aryl methyl sites for hydroxylation is 1. The van der Waals surface area contributed by atoms with Crippen LogP contribution in [0.15, 0.2) is 47.4 Å². The number of nitrogens with zero attached hydrogens (tertiary/aromatic N) is 3. The van der Waals surface area contributed by atoms with Crippen LogP contribution in [0.4, 0.5) is 0 Å². The molecule has 3 aromatic heterocycles. The van der Waals surface area contributed by atoms with Crippen molar-refractivity contribution in [3.05, 3.63) is 68.3 Å². The third-order valence-corrected chi connectivity index (χ3v) is 6.13. The maximum absolute atomic E-state index is 12.8. The Morgan fingerprint density at radius 3 is 3.00 bits per heavy atom. The van der Waals surface area contributed by atoms with Crippen LogP contribution in [0.2, 0.25) is 0 Å². The van der Waals surface area contributed by atoms with Gasteiger partial charge in [-0.2, -0.15) is 5.10 Å². The highest BCUT2D eigenvalue weighted by Crippen LogP contribution is 2.39. The monoisotopic (exact) mass is 355 g/mol. The summed E-state index contributed by atoms with van der Waals surface area (Å²) in [6.07, 6.45) is 8.09. The Kier molecular flexibility index (Phi) is 4.08. The highest BCUT2D eigenvalue weighted by Gasteiger charge is 2.32. The van der Waals surface area contributed by atoms with E-state index >= 15 is 0 Å². The molecule has 4 rings (SSSR count). The van der Waals surface area contributed by atoms with Crippen LogP contribution < -0.4 is 0 Å². The summed E-state index contributed by atoms with van der Waals surface area (Å²) < 4.78 is 1.73. The second-order valence-corrected chi connectivity index (χ2v) is 7.76. The summed E-state index contributed by atoms with van der Waals surface area (Å²) in [5.74, 6) is 0.0501. The molecule has 6 heteroatoms. The lowest BCUT2D eigenvalue weighted by molar-refractivity contribution is -0.127. The second-order valence-electron chi connectivity index (χ2n) is 5.78. The second kappa shape index (κ2) is 6.37. The van der Waals surface area contributed by atoms with Crippen LogP contribution in [-0.4, -0.2) is 27.1 Å². The van der Waals surface area contributed by atoms with Crippen molar-refractivity contribution < 1.29 is 4.79 Å². The van der Waals surface area contributed by atoms with Gasteiger partial charge in [-0.3, -0.25) is 9.48 Å². The molecule has 0 aromatic carbocycles. The van der Waals surface area contributed by atoms with E-state index in [2.05, 4.69) is 34.1 Å². The molecule has 0 saturated heterocycles. The first-order chi connectivity index (χ1) is 11.7. The number of hydrogen-bond acceptors (Lipinski definition) is 4. The van der Waals surface area contributed by atoms with Gasteiger partial charge in [-0.25, -0.2) is 0 Å². The van der Waals surface area contributed by atoms with Crippen LogP contribution in [0.5, 0.6) is 0 Å². The van der Waals surface area contributed by atoms with Gasteiger partial charge in [-0.05, 0) is 41.0 Å². The van der Waals surface area contributed by atoms with Crippen LogP contribution in [-0.2, 0) is 18.3 Å². The van der Waals surface area contributed by atoms with E-state index in [4.69, 9.17) is 0 Å². The molecule has 0 radical (unpaired) electrons. The minimum absolute atomic E-state index is 0.0334. The number of rotatable bonds is 3. The first-order valence-corrected chi connectivity index (χ1v) is 9.55. The summed E-state index contributed by atoms with van der Waals surface area (Å²) in [5.41, 5.74) is 2.21. The Hall–Kier alpha value is -2.18. The van der Waals surface area contributed by atoms with E-state index in [0.29, 0.717) is 0 Å². The fourth-order valence-electron chi connectivity index (χ4n) is 3.10. The van der Waals surface area contributed by atoms with E-state index in [-0.39, 0.29) is 11.9 Å². The van der Waals surface area contributed by atoms with Crippen molar-refractivity contribution in [2.24, 2.45) is 7.05 Å². The maximum atomic E-state index is 12.8. The van der Waals surface area contributed by atoms with Crippen LogP contribution in [0.1, 0.15) is 26.9 Å². The van der Waals surface area contributed by atoms with Gasteiger partial charge in [0.2, 0.25) is 5.91 Å². The van der Waals surface area contributed by atoms with Crippen LogP contribution in [0, 0.1) is 0 Å². The third kappa shape index (κ3) is 2.83. The number of fused-ring (bicyclic) bond motifs is 1. The molecule has 0 bridgehead atoms. The number of aromatic nitrogens is 2. The van der Waals surface area contributed by atoms with Crippen molar-refractivity contribution in [1.82, 2.24) is 14.7 Å². The average Bonchev–Trinajstić information content (AvgIpc) is 3.32. The standard InChI is InChI=1S/C18H17N3OS2/c1-20-12-13(11-19-20)4-5-17(22)21-8-6-15-14(7-10-24-15)18(21)16-3-2-9-23-16/h2-5,7,9-12,18H,6,8H2,1H3/b5-4-/t18-/m1/s1. The molecule has 122 valence electrons. The van der Waals surface area contributed by atoms with E-state index in [1.807, 2.05) is 24.2 Å². The van der Waals surface area contributed by atoms with Gasteiger partial charge in [0.15, 0.2) is 0 Å². The highest BCUT2D eigenvalue weighted by atomic mass is 32.1. The molecule has 24 heavy (non-hydrogen) atoms. The number of carbonyl (C=O) groups is 1. The number of carbonyl (C=O) groups excluding carboxylic acids is 1. The summed E-state index contributed by atoms with van der Waals surface area (Å²) >= 11 is 3.50. The van der Waals surface area contributed by atoms with Crippen LogP contribution in [0.25, 0.3) is 6.08 Å². The molecule has 3 aromatic rings. The van der Waals surface area contributed by atoms with E-state index in [1.165, 1.54) is 15.3 Å². The first kappa shape index (κ1) is 15.4. The van der Waals surface area contributed by atoms with Crippen molar-refractivity contribution >= 4 is 34.7 Å². The van der Waals surface area contributed by atoms with Gasteiger partial charge in [-0.15, -0.1) is 22.7 Å². The number of thiophene rings is 2. The molecular weight excluding hydrogens is 338 g/mol. The van der Waals surface area contributed by atoms with Gasteiger partial charge in [-0.1, -0.05) is 6.07 Å². The topological polar surface area (TPSA) is 38.1 Å². The van der Waals surface area contributed by atoms with Gasteiger partial charge in [0.05, 0.1) is 12.2 Å². The molecule has 0 spiro atoms. The van der Waals surface area contributed by atoms with Gasteiger partial charge >= 0.3 is 0 Å². The minimum Gasteiger partial charge on any atom is -0.327 e. The molecule has 1 aliphatic heterocycles. The predicted molar refractivity (Wildman–Crippen MR) is 98.1 cm³/mol. The molecule has 4 nitrogen and oxygen atoms in total. The van der Waals surface area contributed by atoms with E-state index in [1.54, 1.807) is 39.6 Å². The summed E-state index contributed by atoms with van der Waals surface area (Å²) in [5, 5.41) is 8.33. The summed E-state index contributed by atoms with van der Waals surface area (Å²) in [7, 11) is 1.87. The van der Waals surface area contributed by atoms with Gasteiger partial charge < -0.3 is 4.90 Å². The molecule has 4 heterocycles. The SMILES string of the molecule is Cn1cc(/C=C\C(=O)N2CCc3sccc3[C@@H]2c2cccs2)cn1. The quantitative estimate of drug-likeness (QED) is 0.672. The van der Waals surface area contributed by atoms with E-state index < -0.39 is 0 Å². The Morgan fingerprint density at radius 1 is 1.33 bits per heavy atom. The van der Waals surface area contributed by atoms with Gasteiger partial charge in [0.1, 0.15) is 0 Å². The van der Waals surface area contributed by atoms with Crippen molar-refractivity contribution in [3.63, 3.8) is 0 Å². The van der Waals surface area contributed by atoms with E-state index in [9.17, 15) is 4.79 Å². The molecule has 0 saturated carbocycles. The molecule has 1 atom stereocenters. The van der Waals surface area contributed by atoms with Gasteiger partial charge in [0, 0.05) is 41.2 Å². The Balaban J connectivity index is 1.63. The summed E-state index contributed by atoms with van der Waals surface area (Å²) in [4.78, 5) is 17.4. The largest absolute Gasteiger partial charge is 0.327 e. The lowest BCUT2D eigenvalue weighted by Gasteiger charge is -2.34. The number of amides is 1. The predicted octanol–water partition coefficient (Wildman–Crippen LogP) is 3.73. The minimum atomic E-state index is 0.0334. The summed E-state index contributed by atoms with van der Waals surface area (Å²) in [6, 6.07) is 6.36. The lowest BCUT2D eigenvalue weighted by Crippen LogP contribution is -2.38. The Labute approximate surface area is 148 Å². The van der Waals surface area contributed by atoms with E-state index in [0.717, 1.165) is 18.5 Å². The number of hydrogen-bond donors (Lipinski definition) is 0. The molecule has 1 amide bonds. The fraction of sp³-hybridized carbons (Fsp3) is 0.222. The average molecular weight is 355 g/mol. The lowest BCUT2D eigenvalue weighted by atomic mass is 9.98. The van der Waals surface area contributed by atoms with Crippen molar-refractivity contribution in [3.8, 4) is 0 Å². The zero-order valence-electron chi connectivity index (χ0n) is 13.3. The highest BCUT2D eigenvalue weighted by molar-refractivity contribution is 7.10. The molecule has 0 aliphatic carbocycles. The Morgan fingerprint density at radius 2 is 2.25 bits per heavy atom. The molecular formula is C18H17N3OS2.